The van der Waals surface area contributed by atoms with Crippen LogP contribution in [0, 0.1) is 23.7 Å². The van der Waals surface area contributed by atoms with E-state index in [9.17, 15) is 9.59 Å². The van der Waals surface area contributed by atoms with Crippen LogP contribution in [-0.4, -0.2) is 11.9 Å². The molecule has 0 saturated heterocycles. The molecule has 0 bridgehead atoms. The first-order valence-electron chi connectivity index (χ1n) is 13.1. The molecule has 0 saturated carbocycles. The fourth-order valence-electron chi connectivity index (χ4n) is 3.73. The molecule has 2 aromatic carbocycles. The van der Waals surface area contributed by atoms with Crippen molar-refractivity contribution < 1.29 is 19.1 Å². The molecule has 0 heterocycles. The molecule has 0 N–H and O–H groups in total. The van der Waals surface area contributed by atoms with Crippen LogP contribution in [0.5, 0.6) is 0 Å². The molecule has 0 fully saturated rings. The molecule has 0 radical (unpaired) electrons. The second kappa shape index (κ2) is 15.9. The van der Waals surface area contributed by atoms with E-state index in [1.54, 1.807) is 0 Å². The second-order valence-corrected chi connectivity index (χ2v) is 10.1. The largest absolute Gasteiger partial charge is 0.432 e. The van der Waals surface area contributed by atoms with Crippen molar-refractivity contribution >= 4 is 23.7 Å². The number of carbonyl (C=O) groups excluding carboxylic acids is 2. The molecule has 196 valence electrons. The van der Waals surface area contributed by atoms with Gasteiger partial charge in [0.2, 0.25) is 9.87 Å². The zero-order valence-electron chi connectivity index (χ0n) is 22.5. The van der Waals surface area contributed by atoms with Crippen molar-refractivity contribution in [2.24, 2.45) is 0 Å². The lowest BCUT2D eigenvalue weighted by molar-refractivity contribution is -0.147. The van der Waals surface area contributed by atoms with Crippen molar-refractivity contribution in [2.75, 3.05) is 0 Å². The monoisotopic (exact) mass is 518 g/mol. The number of hydrogen-bond acceptors (Lipinski definition) is 5. The van der Waals surface area contributed by atoms with Crippen molar-refractivity contribution in [3.05, 3.63) is 71.8 Å². The van der Waals surface area contributed by atoms with Gasteiger partial charge in [-0.1, -0.05) is 112 Å². The van der Waals surface area contributed by atoms with E-state index in [1.807, 2.05) is 60.7 Å². The molecular weight excluding hydrogens is 480 g/mol. The Bertz CT molecular complexity index is 1020. The summed E-state index contributed by atoms with van der Waals surface area (Å²) in [7, 11) is 0. The number of benzene rings is 2. The quantitative estimate of drug-likeness (QED) is 0.125. The first-order chi connectivity index (χ1) is 17.9. The first-order valence-corrected chi connectivity index (χ1v) is 13.9. The Morgan fingerprint density at radius 2 is 1.05 bits per heavy atom. The number of carbonyl (C=O) groups is 2. The summed E-state index contributed by atoms with van der Waals surface area (Å²) in [5.74, 6) is 12.0. The van der Waals surface area contributed by atoms with Crippen LogP contribution in [0.4, 0.5) is 0 Å². The Kier molecular flexibility index (Phi) is 12.9. The molecule has 5 heteroatoms. The highest BCUT2D eigenvalue weighted by Crippen LogP contribution is 2.51. The summed E-state index contributed by atoms with van der Waals surface area (Å²) in [5, 5.41) is 0. The highest BCUT2D eigenvalue weighted by atomic mass is 32.2. The Hall–Kier alpha value is -3.15. The SMILES string of the molecule is CCCCCC#CC(OC(C)=O)(SC(C#CCCCCC)(OC(C)=O)c1ccccc1)c1ccccc1. The standard InChI is InChI=1S/C32H38O4S/c1-5-7-9-11-19-25-31(35-27(3)33,29-21-15-13-16-22-29)37-32(36-28(4)34,26-20-12-10-8-6-2)30-23-17-14-18-24-30/h13-18,21-24H,5-12H2,1-4H3. The predicted octanol–water partition coefficient (Wildman–Crippen LogP) is 7.72. The third-order valence-corrected chi connectivity index (χ3v) is 6.90. The van der Waals surface area contributed by atoms with Gasteiger partial charge in [0, 0.05) is 37.8 Å². The Morgan fingerprint density at radius 1 is 0.676 bits per heavy atom. The summed E-state index contributed by atoms with van der Waals surface area (Å²) in [5.41, 5.74) is 1.36. The summed E-state index contributed by atoms with van der Waals surface area (Å²) < 4.78 is 12.1. The second-order valence-electron chi connectivity index (χ2n) is 8.77. The smallest absolute Gasteiger partial charge is 0.305 e. The van der Waals surface area contributed by atoms with E-state index in [0.717, 1.165) is 50.3 Å². The first kappa shape index (κ1) is 30.1. The van der Waals surface area contributed by atoms with Crippen LogP contribution in [0.3, 0.4) is 0 Å². The van der Waals surface area contributed by atoms with E-state index in [1.165, 1.54) is 13.8 Å². The maximum atomic E-state index is 12.5. The van der Waals surface area contributed by atoms with E-state index in [-0.39, 0.29) is 0 Å². The molecule has 2 rings (SSSR count). The topological polar surface area (TPSA) is 52.6 Å². The average molecular weight is 519 g/mol. The zero-order valence-corrected chi connectivity index (χ0v) is 23.3. The van der Waals surface area contributed by atoms with E-state index in [4.69, 9.17) is 9.47 Å². The minimum absolute atomic E-state index is 0.486. The molecule has 0 spiro atoms. The van der Waals surface area contributed by atoms with Gasteiger partial charge < -0.3 is 9.47 Å². The molecule has 2 aromatic rings. The number of rotatable bonds is 12. The van der Waals surface area contributed by atoms with E-state index >= 15 is 0 Å². The van der Waals surface area contributed by atoms with E-state index in [0.29, 0.717) is 24.0 Å². The Labute approximate surface area is 226 Å². The highest BCUT2D eigenvalue weighted by Gasteiger charge is 2.48. The molecule has 37 heavy (non-hydrogen) atoms. The van der Waals surface area contributed by atoms with Crippen molar-refractivity contribution in [1.82, 2.24) is 0 Å². The molecule has 4 nitrogen and oxygen atoms in total. The average Bonchev–Trinajstić information content (AvgIpc) is 2.88. The number of thioether (sulfide) groups is 1. The minimum atomic E-state index is -1.44. The molecule has 0 aliphatic heterocycles. The van der Waals surface area contributed by atoms with Gasteiger partial charge in [-0.2, -0.15) is 0 Å². The van der Waals surface area contributed by atoms with Gasteiger partial charge in [0.1, 0.15) is 0 Å². The van der Waals surface area contributed by atoms with E-state index < -0.39 is 21.8 Å². The summed E-state index contributed by atoms with van der Waals surface area (Å²) in [6.07, 6.45) is 7.53. The summed E-state index contributed by atoms with van der Waals surface area (Å²) in [6, 6.07) is 18.8. The van der Waals surface area contributed by atoms with Gasteiger partial charge in [-0.15, -0.1) is 0 Å². The molecule has 2 unspecified atom stereocenters. The van der Waals surface area contributed by atoms with Gasteiger partial charge in [0.05, 0.1) is 0 Å². The molecule has 0 aromatic heterocycles. The highest BCUT2D eigenvalue weighted by molar-refractivity contribution is 8.01. The van der Waals surface area contributed by atoms with Crippen LogP contribution in [0.15, 0.2) is 60.7 Å². The van der Waals surface area contributed by atoms with E-state index in [2.05, 4.69) is 37.5 Å². The molecule has 0 aliphatic rings. The summed E-state index contributed by atoms with van der Waals surface area (Å²) >= 11 is 1.14. The molecular formula is C32H38O4S. The van der Waals surface area contributed by atoms with Crippen molar-refractivity contribution in [2.45, 2.75) is 88.9 Å². The third kappa shape index (κ3) is 9.67. The Balaban J connectivity index is 2.74. The van der Waals surface area contributed by atoms with Crippen molar-refractivity contribution in [3.63, 3.8) is 0 Å². The van der Waals surface area contributed by atoms with Gasteiger partial charge in [0.15, 0.2) is 0 Å². The van der Waals surface area contributed by atoms with Crippen LogP contribution in [0.1, 0.15) is 90.2 Å². The van der Waals surface area contributed by atoms with Crippen LogP contribution >= 0.6 is 11.8 Å². The summed E-state index contributed by atoms with van der Waals surface area (Å²) in [6.45, 7) is 7.01. The molecule has 0 amide bonds. The maximum Gasteiger partial charge on any atom is 0.305 e. The van der Waals surface area contributed by atoms with Crippen LogP contribution < -0.4 is 0 Å². The lowest BCUT2D eigenvalue weighted by Crippen LogP contribution is -2.36. The predicted molar refractivity (Wildman–Crippen MR) is 151 cm³/mol. The van der Waals surface area contributed by atoms with Crippen LogP contribution in [0.25, 0.3) is 0 Å². The fourth-order valence-corrected chi connectivity index (χ4v) is 5.21. The van der Waals surface area contributed by atoms with Gasteiger partial charge in [-0.25, -0.2) is 0 Å². The van der Waals surface area contributed by atoms with Crippen molar-refractivity contribution in [3.8, 4) is 23.7 Å². The molecule has 0 aliphatic carbocycles. The number of ether oxygens (including phenoxy) is 2. The van der Waals surface area contributed by atoms with Gasteiger partial charge in [-0.05, 0) is 36.4 Å². The number of hydrogen-bond donors (Lipinski definition) is 0. The number of unbranched alkanes of at least 4 members (excludes halogenated alkanes) is 6. The lowest BCUT2D eigenvalue weighted by Gasteiger charge is -2.36. The normalized spacial score (nSPS) is 13.5. The van der Waals surface area contributed by atoms with Crippen LogP contribution in [-0.2, 0) is 28.9 Å². The van der Waals surface area contributed by atoms with Gasteiger partial charge in [0.25, 0.3) is 0 Å². The minimum Gasteiger partial charge on any atom is -0.432 e. The molecule has 2 atom stereocenters. The third-order valence-electron chi connectivity index (χ3n) is 5.49. The zero-order chi connectivity index (χ0) is 27.0. The Morgan fingerprint density at radius 3 is 1.38 bits per heavy atom. The van der Waals surface area contributed by atoms with Gasteiger partial charge in [-0.3, -0.25) is 9.59 Å². The van der Waals surface area contributed by atoms with Crippen LogP contribution in [0.2, 0.25) is 0 Å². The van der Waals surface area contributed by atoms with Gasteiger partial charge >= 0.3 is 11.9 Å². The maximum absolute atomic E-state index is 12.5. The lowest BCUT2D eigenvalue weighted by atomic mass is 10.1. The fraction of sp³-hybridized carbons (Fsp3) is 0.438. The number of esters is 2. The van der Waals surface area contributed by atoms with Crippen molar-refractivity contribution in [1.29, 1.82) is 0 Å². The summed E-state index contributed by atoms with van der Waals surface area (Å²) in [4.78, 5) is 22.1.